The molecule has 7 heteroatoms. The molecule has 128 valence electrons. The number of hydrogen-bond donors (Lipinski definition) is 2. The number of amides is 1. The Balaban J connectivity index is 1.65. The highest BCUT2D eigenvalue weighted by atomic mass is 16.3. The van der Waals surface area contributed by atoms with Crippen LogP contribution in [0.5, 0.6) is 0 Å². The van der Waals surface area contributed by atoms with E-state index in [-0.39, 0.29) is 11.6 Å². The van der Waals surface area contributed by atoms with Gasteiger partial charge in [-0.05, 0) is 36.4 Å². The zero-order valence-corrected chi connectivity index (χ0v) is 14.1. The van der Waals surface area contributed by atoms with Crippen LogP contribution in [-0.4, -0.2) is 30.0 Å². The Morgan fingerprint density at radius 2 is 1.96 bits per heavy atom. The smallest absolute Gasteiger partial charge is 0.270 e. The van der Waals surface area contributed by atoms with E-state index in [1.807, 2.05) is 43.3 Å². The number of rotatable bonds is 6. The van der Waals surface area contributed by atoms with Crippen LogP contribution in [0.15, 0.2) is 59.5 Å². The summed E-state index contributed by atoms with van der Waals surface area (Å²) < 4.78 is 5.19. The lowest BCUT2D eigenvalue weighted by Crippen LogP contribution is -2.23. The summed E-state index contributed by atoms with van der Waals surface area (Å²) in [7, 11) is 3.97. The van der Waals surface area contributed by atoms with Crippen LogP contribution in [0.1, 0.15) is 16.2 Å². The largest absolute Gasteiger partial charge is 0.467 e. The molecule has 0 unspecified atom stereocenters. The van der Waals surface area contributed by atoms with Crippen LogP contribution in [0.25, 0.3) is 0 Å². The molecule has 0 saturated carbocycles. The molecule has 0 saturated heterocycles. The summed E-state index contributed by atoms with van der Waals surface area (Å²) in [5.41, 5.74) is 2.27. The van der Waals surface area contributed by atoms with E-state index in [0.29, 0.717) is 18.1 Å². The number of aromatic nitrogens is 2. The summed E-state index contributed by atoms with van der Waals surface area (Å²) in [5.74, 6) is 0.947. The second kappa shape index (κ2) is 7.48. The van der Waals surface area contributed by atoms with Crippen LogP contribution >= 0.6 is 0 Å². The standard InChI is InChI=1S/C18H19N5O2/c1-23(2)14-7-5-13(6-8-14)22-17-10-16(20-12-21-17)18(24)19-11-15-4-3-9-25-15/h3-10,12H,11H2,1-2H3,(H,19,24)(H,20,21,22). The predicted molar refractivity (Wildman–Crippen MR) is 96.0 cm³/mol. The van der Waals surface area contributed by atoms with Crippen molar-refractivity contribution in [1.82, 2.24) is 15.3 Å². The number of nitrogens with zero attached hydrogens (tertiary/aromatic N) is 3. The molecular weight excluding hydrogens is 318 g/mol. The molecule has 7 nitrogen and oxygen atoms in total. The van der Waals surface area contributed by atoms with Gasteiger partial charge in [0.1, 0.15) is 23.6 Å². The SMILES string of the molecule is CN(C)c1ccc(Nc2cc(C(=O)NCc3ccco3)ncn2)cc1. The lowest BCUT2D eigenvalue weighted by atomic mass is 10.2. The maximum Gasteiger partial charge on any atom is 0.270 e. The fourth-order valence-electron chi connectivity index (χ4n) is 2.21. The lowest BCUT2D eigenvalue weighted by molar-refractivity contribution is 0.0943. The minimum absolute atomic E-state index is 0.286. The first kappa shape index (κ1) is 16.5. The van der Waals surface area contributed by atoms with E-state index in [9.17, 15) is 4.79 Å². The second-order valence-corrected chi connectivity index (χ2v) is 5.62. The molecule has 1 aromatic carbocycles. The summed E-state index contributed by atoms with van der Waals surface area (Å²) >= 11 is 0. The lowest BCUT2D eigenvalue weighted by Gasteiger charge is -2.13. The monoisotopic (exact) mass is 337 g/mol. The van der Waals surface area contributed by atoms with E-state index in [1.165, 1.54) is 6.33 Å². The van der Waals surface area contributed by atoms with Crippen LogP contribution in [0.2, 0.25) is 0 Å². The van der Waals surface area contributed by atoms with Crippen molar-refractivity contribution in [3.05, 3.63) is 66.5 Å². The minimum atomic E-state index is -0.287. The third kappa shape index (κ3) is 4.35. The van der Waals surface area contributed by atoms with Crippen molar-refractivity contribution in [2.45, 2.75) is 6.54 Å². The zero-order valence-electron chi connectivity index (χ0n) is 14.1. The van der Waals surface area contributed by atoms with Gasteiger partial charge in [0.05, 0.1) is 12.8 Å². The molecule has 2 N–H and O–H groups in total. The summed E-state index contributed by atoms with van der Waals surface area (Å²) in [5, 5.41) is 5.92. The first-order valence-corrected chi connectivity index (χ1v) is 7.79. The van der Waals surface area contributed by atoms with Gasteiger partial charge in [-0.25, -0.2) is 9.97 Å². The Bertz CT molecular complexity index is 829. The Hall–Kier alpha value is -3.35. The van der Waals surface area contributed by atoms with E-state index in [1.54, 1.807) is 24.5 Å². The number of carbonyl (C=O) groups excluding carboxylic acids is 1. The molecule has 25 heavy (non-hydrogen) atoms. The molecule has 0 radical (unpaired) electrons. The van der Waals surface area contributed by atoms with Gasteiger partial charge in [0.25, 0.3) is 5.91 Å². The highest BCUT2D eigenvalue weighted by molar-refractivity contribution is 5.92. The Morgan fingerprint density at radius 3 is 2.64 bits per heavy atom. The van der Waals surface area contributed by atoms with Gasteiger partial charge in [-0.3, -0.25) is 4.79 Å². The van der Waals surface area contributed by atoms with Crippen LogP contribution in [0, 0.1) is 0 Å². The number of nitrogens with one attached hydrogen (secondary N) is 2. The minimum Gasteiger partial charge on any atom is -0.467 e. The van der Waals surface area contributed by atoms with Gasteiger partial charge in [0, 0.05) is 31.5 Å². The van der Waals surface area contributed by atoms with Crippen LogP contribution in [0.3, 0.4) is 0 Å². The van der Waals surface area contributed by atoms with Gasteiger partial charge >= 0.3 is 0 Å². The molecule has 2 aromatic heterocycles. The second-order valence-electron chi connectivity index (χ2n) is 5.62. The van der Waals surface area contributed by atoms with Crippen molar-refractivity contribution >= 4 is 23.1 Å². The molecule has 2 heterocycles. The first-order valence-electron chi connectivity index (χ1n) is 7.79. The van der Waals surface area contributed by atoms with Crippen LogP contribution in [-0.2, 0) is 6.54 Å². The molecule has 0 aliphatic heterocycles. The Labute approximate surface area is 145 Å². The molecule has 0 atom stereocenters. The topological polar surface area (TPSA) is 83.3 Å². The van der Waals surface area contributed by atoms with Crippen molar-refractivity contribution in [3.8, 4) is 0 Å². The van der Waals surface area contributed by atoms with Crippen molar-refractivity contribution in [1.29, 1.82) is 0 Å². The number of carbonyl (C=O) groups is 1. The average Bonchev–Trinajstić information content (AvgIpc) is 3.14. The molecule has 0 fully saturated rings. The summed E-state index contributed by atoms with van der Waals surface area (Å²) in [6.07, 6.45) is 2.92. The molecule has 3 rings (SSSR count). The number of hydrogen-bond acceptors (Lipinski definition) is 6. The van der Waals surface area contributed by atoms with Gasteiger partial charge in [-0.2, -0.15) is 0 Å². The molecular formula is C18H19N5O2. The van der Waals surface area contributed by atoms with Crippen molar-refractivity contribution in [2.24, 2.45) is 0 Å². The molecule has 0 spiro atoms. The summed E-state index contributed by atoms with van der Waals surface area (Å²) in [4.78, 5) is 22.4. The average molecular weight is 337 g/mol. The van der Waals surface area contributed by atoms with Crippen molar-refractivity contribution < 1.29 is 9.21 Å². The zero-order chi connectivity index (χ0) is 17.6. The number of anilines is 3. The maximum atomic E-state index is 12.2. The fourth-order valence-corrected chi connectivity index (χ4v) is 2.21. The summed E-state index contributed by atoms with van der Waals surface area (Å²) in [6, 6.07) is 13.1. The van der Waals surface area contributed by atoms with E-state index in [4.69, 9.17) is 4.42 Å². The van der Waals surface area contributed by atoms with Crippen LogP contribution < -0.4 is 15.5 Å². The van der Waals surface area contributed by atoms with Gasteiger partial charge in [-0.1, -0.05) is 0 Å². The van der Waals surface area contributed by atoms with Gasteiger partial charge in [0.15, 0.2) is 0 Å². The third-order valence-corrected chi connectivity index (χ3v) is 3.56. The van der Waals surface area contributed by atoms with Crippen LogP contribution in [0.4, 0.5) is 17.2 Å². The normalized spacial score (nSPS) is 10.3. The predicted octanol–water partition coefficient (Wildman–Crippen LogP) is 2.81. The summed E-state index contributed by atoms with van der Waals surface area (Å²) in [6.45, 7) is 0.310. The van der Waals surface area contributed by atoms with E-state index < -0.39 is 0 Å². The maximum absolute atomic E-state index is 12.2. The molecule has 3 aromatic rings. The highest BCUT2D eigenvalue weighted by Crippen LogP contribution is 2.19. The van der Waals surface area contributed by atoms with Gasteiger partial charge < -0.3 is 20.0 Å². The van der Waals surface area contributed by atoms with E-state index in [0.717, 1.165) is 11.4 Å². The highest BCUT2D eigenvalue weighted by Gasteiger charge is 2.09. The van der Waals surface area contributed by atoms with Crippen molar-refractivity contribution in [3.63, 3.8) is 0 Å². The molecule has 0 bridgehead atoms. The number of benzene rings is 1. The Morgan fingerprint density at radius 1 is 1.16 bits per heavy atom. The molecule has 1 amide bonds. The van der Waals surface area contributed by atoms with Gasteiger partial charge in [-0.15, -0.1) is 0 Å². The number of furan rings is 1. The van der Waals surface area contributed by atoms with E-state index >= 15 is 0 Å². The Kier molecular flexibility index (Phi) is 4.94. The van der Waals surface area contributed by atoms with Crippen molar-refractivity contribution in [2.75, 3.05) is 24.3 Å². The first-order chi connectivity index (χ1) is 12.1. The molecule has 0 aliphatic carbocycles. The van der Waals surface area contributed by atoms with Gasteiger partial charge in [0.2, 0.25) is 0 Å². The third-order valence-electron chi connectivity index (χ3n) is 3.56. The molecule has 0 aliphatic rings. The quantitative estimate of drug-likeness (QED) is 0.720. The van der Waals surface area contributed by atoms with E-state index in [2.05, 4.69) is 20.6 Å². The fraction of sp³-hybridized carbons (Fsp3) is 0.167.